The Morgan fingerprint density at radius 2 is 2.17 bits per heavy atom. The number of halogens is 1. The molecular weight excluding hydrogens is 261 g/mol. The molecule has 1 aromatic rings. The Labute approximate surface area is 105 Å². The molecule has 0 aliphatic rings. The van der Waals surface area contributed by atoms with Gasteiger partial charge in [0.2, 0.25) is 16.0 Å². The first kappa shape index (κ1) is 14.5. The summed E-state index contributed by atoms with van der Waals surface area (Å²) in [4.78, 5) is 14.8. The summed E-state index contributed by atoms with van der Waals surface area (Å²) >= 11 is 0. The van der Waals surface area contributed by atoms with Gasteiger partial charge in [0.25, 0.3) is 5.91 Å². The monoisotopic (exact) mass is 275 g/mol. The number of aromatic nitrogens is 1. The first-order chi connectivity index (χ1) is 8.38. The number of rotatable bonds is 6. The molecule has 0 saturated heterocycles. The number of hydrogen-bond donors (Lipinski definition) is 2. The highest BCUT2D eigenvalue weighted by molar-refractivity contribution is 7.88. The van der Waals surface area contributed by atoms with E-state index in [2.05, 4.69) is 15.0 Å². The van der Waals surface area contributed by atoms with Crippen LogP contribution in [0.5, 0.6) is 0 Å². The minimum absolute atomic E-state index is 0.179. The number of pyridine rings is 1. The molecule has 8 heteroatoms. The van der Waals surface area contributed by atoms with Crippen LogP contribution in [-0.4, -0.2) is 38.7 Å². The molecule has 0 aliphatic heterocycles. The van der Waals surface area contributed by atoms with E-state index in [1.165, 1.54) is 12.3 Å². The molecule has 2 N–H and O–H groups in total. The van der Waals surface area contributed by atoms with E-state index < -0.39 is 21.9 Å². The maximum Gasteiger partial charge on any atom is 0.251 e. The topological polar surface area (TPSA) is 88.2 Å². The molecule has 18 heavy (non-hydrogen) atoms. The molecule has 0 atom stereocenters. The van der Waals surface area contributed by atoms with Crippen LogP contribution < -0.4 is 10.0 Å². The molecule has 0 aromatic carbocycles. The molecule has 1 aromatic heterocycles. The average Bonchev–Trinajstić information content (AvgIpc) is 2.26. The average molecular weight is 275 g/mol. The maximum atomic E-state index is 12.7. The van der Waals surface area contributed by atoms with Crippen LogP contribution in [0.25, 0.3) is 0 Å². The van der Waals surface area contributed by atoms with Crippen LogP contribution in [0.1, 0.15) is 16.8 Å². The second kappa shape index (κ2) is 6.41. The maximum absolute atomic E-state index is 12.7. The van der Waals surface area contributed by atoms with Crippen molar-refractivity contribution in [3.63, 3.8) is 0 Å². The zero-order valence-electron chi connectivity index (χ0n) is 9.81. The van der Waals surface area contributed by atoms with Gasteiger partial charge in [0.1, 0.15) is 0 Å². The van der Waals surface area contributed by atoms with Gasteiger partial charge in [-0.2, -0.15) is 4.39 Å². The van der Waals surface area contributed by atoms with E-state index >= 15 is 0 Å². The molecule has 0 spiro atoms. The number of hydrogen-bond acceptors (Lipinski definition) is 4. The van der Waals surface area contributed by atoms with E-state index in [1.54, 1.807) is 0 Å². The Kier molecular flexibility index (Phi) is 5.17. The SMILES string of the molecule is CS(=O)(=O)NCCCNC(=O)c1ccnc(F)c1. The second-order valence-corrected chi connectivity index (χ2v) is 5.48. The Morgan fingerprint density at radius 3 is 2.78 bits per heavy atom. The molecular formula is C10H14FN3O3S. The zero-order valence-corrected chi connectivity index (χ0v) is 10.6. The van der Waals surface area contributed by atoms with Gasteiger partial charge in [-0.1, -0.05) is 0 Å². The predicted octanol–water partition coefficient (Wildman–Crippen LogP) is -0.110. The highest BCUT2D eigenvalue weighted by atomic mass is 32.2. The fourth-order valence-corrected chi connectivity index (χ4v) is 1.71. The number of amides is 1. The third kappa shape index (κ3) is 5.69. The third-order valence-corrected chi connectivity index (χ3v) is 2.72. The van der Waals surface area contributed by atoms with Gasteiger partial charge < -0.3 is 5.32 Å². The van der Waals surface area contributed by atoms with E-state index in [4.69, 9.17) is 0 Å². The predicted molar refractivity (Wildman–Crippen MR) is 64.0 cm³/mol. The van der Waals surface area contributed by atoms with Gasteiger partial charge in [-0.05, 0) is 12.5 Å². The third-order valence-electron chi connectivity index (χ3n) is 1.99. The van der Waals surface area contributed by atoms with Gasteiger partial charge >= 0.3 is 0 Å². The molecule has 0 bridgehead atoms. The van der Waals surface area contributed by atoms with E-state index in [1.807, 2.05) is 0 Å². The summed E-state index contributed by atoms with van der Waals surface area (Å²) in [6.45, 7) is 0.537. The lowest BCUT2D eigenvalue weighted by Gasteiger charge is -2.05. The lowest BCUT2D eigenvalue weighted by Crippen LogP contribution is -2.29. The molecule has 0 unspecified atom stereocenters. The van der Waals surface area contributed by atoms with Crippen LogP contribution in [0, 0.1) is 5.95 Å². The molecule has 0 fully saturated rings. The molecule has 6 nitrogen and oxygen atoms in total. The lowest BCUT2D eigenvalue weighted by atomic mass is 10.2. The first-order valence-corrected chi connectivity index (χ1v) is 7.12. The molecule has 0 aliphatic carbocycles. The molecule has 1 amide bonds. The van der Waals surface area contributed by atoms with Crippen molar-refractivity contribution in [3.8, 4) is 0 Å². The van der Waals surface area contributed by atoms with Crippen molar-refractivity contribution in [1.29, 1.82) is 0 Å². The van der Waals surface area contributed by atoms with Crippen LogP contribution in [0.2, 0.25) is 0 Å². The number of carbonyl (C=O) groups is 1. The van der Waals surface area contributed by atoms with Crippen LogP contribution >= 0.6 is 0 Å². The van der Waals surface area contributed by atoms with E-state index in [0.29, 0.717) is 13.0 Å². The number of carbonyl (C=O) groups excluding carboxylic acids is 1. The summed E-state index contributed by atoms with van der Waals surface area (Å²) in [5.74, 6) is -1.14. The van der Waals surface area contributed by atoms with E-state index in [9.17, 15) is 17.6 Å². The zero-order chi connectivity index (χ0) is 13.6. The number of nitrogens with one attached hydrogen (secondary N) is 2. The minimum atomic E-state index is -3.20. The Hall–Kier alpha value is -1.54. The lowest BCUT2D eigenvalue weighted by molar-refractivity contribution is 0.0952. The fraction of sp³-hybridized carbons (Fsp3) is 0.400. The molecule has 0 radical (unpaired) electrons. The fourth-order valence-electron chi connectivity index (χ4n) is 1.19. The number of nitrogens with zero attached hydrogens (tertiary/aromatic N) is 1. The smallest absolute Gasteiger partial charge is 0.251 e. The van der Waals surface area contributed by atoms with Gasteiger partial charge in [-0.15, -0.1) is 0 Å². The molecule has 1 heterocycles. The van der Waals surface area contributed by atoms with Crippen LogP contribution in [0.15, 0.2) is 18.3 Å². The van der Waals surface area contributed by atoms with Crippen molar-refractivity contribution in [1.82, 2.24) is 15.0 Å². The van der Waals surface area contributed by atoms with E-state index in [0.717, 1.165) is 12.3 Å². The summed E-state index contributed by atoms with van der Waals surface area (Å²) in [7, 11) is -3.20. The van der Waals surface area contributed by atoms with Crippen LogP contribution in [0.4, 0.5) is 4.39 Å². The largest absolute Gasteiger partial charge is 0.352 e. The first-order valence-electron chi connectivity index (χ1n) is 5.23. The van der Waals surface area contributed by atoms with Crippen molar-refractivity contribution in [3.05, 3.63) is 29.8 Å². The molecule has 100 valence electrons. The van der Waals surface area contributed by atoms with Crippen molar-refractivity contribution >= 4 is 15.9 Å². The Balaban J connectivity index is 2.30. The quantitative estimate of drug-likeness (QED) is 0.560. The van der Waals surface area contributed by atoms with Crippen molar-refractivity contribution < 1.29 is 17.6 Å². The van der Waals surface area contributed by atoms with Crippen molar-refractivity contribution in [2.75, 3.05) is 19.3 Å². The Bertz CT molecular complexity index is 519. The van der Waals surface area contributed by atoms with Gasteiger partial charge in [0.15, 0.2) is 0 Å². The normalized spacial score (nSPS) is 11.2. The summed E-state index contributed by atoms with van der Waals surface area (Å²) in [6, 6.07) is 2.43. The Morgan fingerprint density at radius 1 is 1.44 bits per heavy atom. The highest BCUT2D eigenvalue weighted by Crippen LogP contribution is 1.99. The second-order valence-electron chi connectivity index (χ2n) is 3.64. The van der Waals surface area contributed by atoms with Crippen molar-refractivity contribution in [2.45, 2.75) is 6.42 Å². The van der Waals surface area contributed by atoms with Crippen molar-refractivity contribution in [2.24, 2.45) is 0 Å². The molecule has 0 saturated carbocycles. The summed E-state index contributed by atoms with van der Waals surface area (Å²) in [5.41, 5.74) is 0.179. The van der Waals surface area contributed by atoms with Gasteiger partial charge in [0.05, 0.1) is 6.26 Å². The van der Waals surface area contributed by atoms with E-state index in [-0.39, 0.29) is 12.1 Å². The summed E-state index contributed by atoms with van der Waals surface area (Å²) in [6.07, 6.45) is 2.72. The van der Waals surface area contributed by atoms with Gasteiger partial charge in [0, 0.05) is 30.9 Å². The summed E-state index contributed by atoms with van der Waals surface area (Å²) in [5, 5.41) is 2.54. The van der Waals surface area contributed by atoms with Gasteiger partial charge in [-0.25, -0.2) is 18.1 Å². The van der Waals surface area contributed by atoms with Crippen LogP contribution in [-0.2, 0) is 10.0 Å². The highest BCUT2D eigenvalue weighted by Gasteiger charge is 2.06. The number of sulfonamides is 1. The minimum Gasteiger partial charge on any atom is -0.352 e. The summed E-state index contributed by atoms with van der Waals surface area (Å²) < 4.78 is 36.5. The van der Waals surface area contributed by atoms with Gasteiger partial charge in [-0.3, -0.25) is 4.79 Å². The molecule has 1 rings (SSSR count). The van der Waals surface area contributed by atoms with Crippen LogP contribution in [0.3, 0.4) is 0 Å². The standard InChI is InChI=1S/C10H14FN3O3S/c1-18(16,17)14-5-2-4-13-10(15)8-3-6-12-9(11)7-8/h3,6-7,14H,2,4-5H2,1H3,(H,13,15).